The average molecular weight is 405 g/mol. The number of ketones is 1. The Bertz CT molecular complexity index is 856. The molecule has 0 aliphatic carbocycles. The zero-order valence-corrected chi connectivity index (χ0v) is 17.1. The standard InChI is InChI=1S/C20H23NO6S/c1-5-26-19(23)16-12(3)17(20(24)27-6-2)28-18(16)21-11-15(22)13-7-9-14(25-4)10-8-13/h7-10,21H,5-6,11H2,1-4H3. The van der Waals surface area contributed by atoms with E-state index in [-0.39, 0.29) is 31.1 Å². The third-order valence-corrected chi connectivity index (χ3v) is 5.14. The number of rotatable bonds is 9. The maximum Gasteiger partial charge on any atom is 0.348 e. The second-order valence-corrected chi connectivity index (χ2v) is 6.73. The van der Waals surface area contributed by atoms with E-state index in [0.717, 1.165) is 11.3 Å². The number of thiophene rings is 1. The van der Waals surface area contributed by atoms with Crippen LogP contribution in [0.15, 0.2) is 24.3 Å². The lowest BCUT2D eigenvalue weighted by molar-refractivity contribution is 0.0527. The first-order valence-electron chi connectivity index (χ1n) is 8.81. The number of anilines is 1. The van der Waals surface area contributed by atoms with Gasteiger partial charge in [-0.3, -0.25) is 4.79 Å². The van der Waals surface area contributed by atoms with E-state index in [1.54, 1.807) is 52.1 Å². The van der Waals surface area contributed by atoms with Gasteiger partial charge in [-0.05, 0) is 50.6 Å². The number of ether oxygens (including phenoxy) is 3. The number of nitrogens with one attached hydrogen (secondary N) is 1. The largest absolute Gasteiger partial charge is 0.497 e. The monoisotopic (exact) mass is 405 g/mol. The first-order chi connectivity index (χ1) is 13.4. The minimum absolute atomic E-state index is 0.0407. The first kappa shape index (κ1) is 21.4. The fourth-order valence-electron chi connectivity index (χ4n) is 2.52. The molecule has 0 aliphatic heterocycles. The van der Waals surface area contributed by atoms with Crippen LogP contribution in [-0.2, 0) is 9.47 Å². The molecule has 0 atom stereocenters. The van der Waals surface area contributed by atoms with Crippen molar-refractivity contribution in [1.29, 1.82) is 0 Å². The van der Waals surface area contributed by atoms with Crippen LogP contribution >= 0.6 is 11.3 Å². The lowest BCUT2D eigenvalue weighted by Gasteiger charge is -2.08. The van der Waals surface area contributed by atoms with E-state index in [1.807, 2.05) is 0 Å². The molecule has 2 aromatic rings. The van der Waals surface area contributed by atoms with Crippen LogP contribution in [0.4, 0.5) is 5.00 Å². The van der Waals surface area contributed by atoms with Crippen molar-refractivity contribution in [3.05, 3.63) is 45.8 Å². The molecule has 0 spiro atoms. The Hall–Kier alpha value is -2.87. The highest BCUT2D eigenvalue weighted by Gasteiger charge is 2.26. The topological polar surface area (TPSA) is 90.9 Å². The number of methoxy groups -OCH3 is 1. The van der Waals surface area contributed by atoms with Crippen molar-refractivity contribution < 1.29 is 28.6 Å². The van der Waals surface area contributed by atoms with Gasteiger partial charge < -0.3 is 19.5 Å². The van der Waals surface area contributed by atoms with Crippen LogP contribution in [0.2, 0.25) is 0 Å². The Kier molecular flexibility index (Phi) is 7.57. The summed E-state index contributed by atoms with van der Waals surface area (Å²) in [5.74, 6) is -0.570. The van der Waals surface area contributed by atoms with E-state index in [1.165, 1.54) is 0 Å². The summed E-state index contributed by atoms with van der Waals surface area (Å²) < 4.78 is 15.2. The predicted molar refractivity (Wildman–Crippen MR) is 107 cm³/mol. The number of Topliss-reactive ketones (excluding diaryl/α,β-unsaturated/α-hetero) is 1. The van der Waals surface area contributed by atoms with Gasteiger partial charge in [-0.25, -0.2) is 9.59 Å². The average Bonchev–Trinajstić information content (AvgIpc) is 3.03. The molecule has 0 unspecified atom stereocenters. The van der Waals surface area contributed by atoms with Crippen molar-refractivity contribution in [3.63, 3.8) is 0 Å². The molecule has 0 fully saturated rings. The van der Waals surface area contributed by atoms with E-state index in [2.05, 4.69) is 5.32 Å². The van der Waals surface area contributed by atoms with Crippen LogP contribution < -0.4 is 10.1 Å². The summed E-state index contributed by atoms with van der Waals surface area (Å²) in [6.07, 6.45) is 0. The summed E-state index contributed by atoms with van der Waals surface area (Å²) in [4.78, 5) is 37.3. The summed E-state index contributed by atoms with van der Waals surface area (Å²) in [5, 5.41) is 3.37. The van der Waals surface area contributed by atoms with Crippen LogP contribution in [0.5, 0.6) is 5.75 Å². The van der Waals surface area contributed by atoms with Crippen LogP contribution in [-0.4, -0.2) is 44.6 Å². The van der Waals surface area contributed by atoms with E-state index in [0.29, 0.717) is 26.8 Å². The number of benzene rings is 1. The molecule has 0 saturated heterocycles. The zero-order chi connectivity index (χ0) is 20.7. The van der Waals surface area contributed by atoms with Crippen molar-refractivity contribution >= 4 is 34.1 Å². The van der Waals surface area contributed by atoms with Crippen LogP contribution in [0.1, 0.15) is 49.8 Å². The van der Waals surface area contributed by atoms with Gasteiger partial charge >= 0.3 is 11.9 Å². The minimum Gasteiger partial charge on any atom is -0.497 e. The first-order valence-corrected chi connectivity index (χ1v) is 9.63. The van der Waals surface area contributed by atoms with E-state index >= 15 is 0 Å². The van der Waals surface area contributed by atoms with Crippen molar-refractivity contribution in [2.45, 2.75) is 20.8 Å². The Morgan fingerprint density at radius 1 is 1.00 bits per heavy atom. The molecule has 1 N–H and O–H groups in total. The van der Waals surface area contributed by atoms with Gasteiger partial charge in [0, 0.05) is 5.56 Å². The predicted octanol–water partition coefficient (Wildman–Crippen LogP) is 3.71. The summed E-state index contributed by atoms with van der Waals surface area (Å²) in [5.41, 5.74) is 1.23. The summed E-state index contributed by atoms with van der Waals surface area (Å²) in [6, 6.07) is 6.73. The van der Waals surface area contributed by atoms with Gasteiger partial charge in [0.2, 0.25) is 0 Å². The quantitative estimate of drug-likeness (QED) is 0.502. The van der Waals surface area contributed by atoms with Crippen LogP contribution in [0.3, 0.4) is 0 Å². The summed E-state index contributed by atoms with van der Waals surface area (Å²) in [7, 11) is 1.55. The third-order valence-electron chi connectivity index (χ3n) is 3.91. The minimum atomic E-state index is -0.550. The van der Waals surface area contributed by atoms with Gasteiger partial charge in [-0.15, -0.1) is 11.3 Å². The molecule has 0 radical (unpaired) electrons. The van der Waals surface area contributed by atoms with Crippen molar-refractivity contribution in [3.8, 4) is 5.75 Å². The smallest absolute Gasteiger partial charge is 0.348 e. The van der Waals surface area contributed by atoms with Gasteiger partial charge in [0.1, 0.15) is 15.6 Å². The molecule has 0 aliphatic rings. The third kappa shape index (κ3) is 4.89. The maximum absolute atomic E-state index is 12.4. The van der Waals surface area contributed by atoms with E-state index in [9.17, 15) is 14.4 Å². The van der Waals surface area contributed by atoms with Crippen molar-refractivity contribution in [2.75, 3.05) is 32.2 Å². The molecule has 7 nitrogen and oxygen atoms in total. The number of esters is 2. The summed E-state index contributed by atoms with van der Waals surface area (Å²) >= 11 is 1.07. The van der Waals surface area contributed by atoms with E-state index in [4.69, 9.17) is 14.2 Å². The SMILES string of the molecule is CCOC(=O)c1sc(NCC(=O)c2ccc(OC)cc2)c(C(=O)OCC)c1C. The normalized spacial score (nSPS) is 10.3. The molecule has 1 aromatic heterocycles. The van der Waals surface area contributed by atoms with Gasteiger partial charge in [0.25, 0.3) is 0 Å². The highest BCUT2D eigenvalue weighted by atomic mass is 32.1. The van der Waals surface area contributed by atoms with Gasteiger partial charge in [-0.1, -0.05) is 0 Å². The molecule has 150 valence electrons. The lowest BCUT2D eigenvalue weighted by atomic mass is 10.1. The van der Waals surface area contributed by atoms with Gasteiger partial charge in [0.05, 0.1) is 32.4 Å². The molecular weight excluding hydrogens is 382 g/mol. The number of hydrogen-bond acceptors (Lipinski definition) is 8. The van der Waals surface area contributed by atoms with Gasteiger partial charge in [-0.2, -0.15) is 0 Å². The zero-order valence-electron chi connectivity index (χ0n) is 16.3. The Morgan fingerprint density at radius 3 is 2.18 bits per heavy atom. The van der Waals surface area contributed by atoms with Crippen molar-refractivity contribution in [2.24, 2.45) is 0 Å². The molecule has 1 heterocycles. The second-order valence-electron chi connectivity index (χ2n) is 5.71. The Labute approximate surface area is 167 Å². The Morgan fingerprint density at radius 2 is 1.61 bits per heavy atom. The molecular formula is C20H23NO6S. The molecule has 1 aromatic carbocycles. The number of hydrogen-bond donors (Lipinski definition) is 1. The van der Waals surface area contributed by atoms with E-state index < -0.39 is 11.9 Å². The maximum atomic E-state index is 12.4. The molecule has 8 heteroatoms. The van der Waals surface area contributed by atoms with Gasteiger partial charge in [0.15, 0.2) is 5.78 Å². The molecule has 2 rings (SSSR count). The Balaban J connectivity index is 2.24. The number of carbonyl (C=O) groups excluding carboxylic acids is 3. The molecule has 0 amide bonds. The highest BCUT2D eigenvalue weighted by Crippen LogP contribution is 2.34. The fourth-order valence-corrected chi connectivity index (χ4v) is 3.60. The second kappa shape index (κ2) is 9.89. The lowest BCUT2D eigenvalue weighted by Crippen LogP contribution is -2.16. The molecule has 0 saturated carbocycles. The van der Waals surface area contributed by atoms with Crippen LogP contribution in [0, 0.1) is 6.92 Å². The van der Waals surface area contributed by atoms with Crippen molar-refractivity contribution in [1.82, 2.24) is 0 Å². The molecule has 0 bridgehead atoms. The fraction of sp³-hybridized carbons (Fsp3) is 0.350. The highest BCUT2D eigenvalue weighted by molar-refractivity contribution is 7.18. The summed E-state index contributed by atoms with van der Waals surface area (Å²) in [6.45, 7) is 5.45. The number of carbonyl (C=O) groups is 3. The molecule has 28 heavy (non-hydrogen) atoms. The van der Waals surface area contributed by atoms with Crippen LogP contribution in [0.25, 0.3) is 0 Å².